The molecule has 2 heteroatoms. The van der Waals surface area contributed by atoms with E-state index in [1.54, 1.807) is 0 Å². The third-order valence-corrected chi connectivity index (χ3v) is 1.74. The van der Waals surface area contributed by atoms with Gasteiger partial charge in [-0.2, -0.15) is 0 Å². The highest BCUT2D eigenvalue weighted by Gasteiger charge is 2.27. The van der Waals surface area contributed by atoms with Gasteiger partial charge in [0, 0.05) is 0 Å². The normalized spacial score (nSPS) is 12.6. The van der Waals surface area contributed by atoms with Crippen molar-refractivity contribution in [3.05, 3.63) is 0 Å². The van der Waals surface area contributed by atoms with Crippen LogP contribution in [0.15, 0.2) is 0 Å². The Kier molecular flexibility index (Phi) is 4.46. The predicted molar refractivity (Wildman–Crippen MR) is 49.9 cm³/mol. The Labute approximate surface area is 75.0 Å². The zero-order chi connectivity index (χ0) is 9.78. The summed E-state index contributed by atoms with van der Waals surface area (Å²) in [4.78, 5) is 10.6. The second-order valence-corrected chi connectivity index (χ2v) is 4.42. The van der Waals surface area contributed by atoms with E-state index < -0.39 is 5.60 Å². The van der Waals surface area contributed by atoms with Crippen LogP contribution in [0.3, 0.4) is 0 Å². The van der Waals surface area contributed by atoms with Gasteiger partial charge in [-0.05, 0) is 24.7 Å². The molecule has 0 aliphatic heterocycles. The summed E-state index contributed by atoms with van der Waals surface area (Å²) in [6.07, 6.45) is 1.82. The second-order valence-electron chi connectivity index (χ2n) is 4.42. The van der Waals surface area contributed by atoms with Crippen LogP contribution < -0.4 is 0 Å². The zero-order valence-corrected chi connectivity index (χ0v) is 8.50. The summed E-state index contributed by atoms with van der Waals surface area (Å²) >= 11 is 0. The van der Waals surface area contributed by atoms with Crippen LogP contribution in [0.5, 0.6) is 0 Å². The first-order valence-electron chi connectivity index (χ1n) is 4.58. The molecule has 0 bridgehead atoms. The topological polar surface area (TPSA) is 37.3 Å². The minimum Gasteiger partial charge on any atom is -0.382 e. The highest BCUT2D eigenvalue weighted by molar-refractivity contribution is 5.61. The third-order valence-electron chi connectivity index (χ3n) is 1.74. The molecule has 0 radical (unpaired) electrons. The molecule has 0 aromatic carbocycles. The first-order valence-corrected chi connectivity index (χ1v) is 4.58. The Morgan fingerprint density at radius 1 is 1.17 bits per heavy atom. The minimum absolute atomic E-state index is 0.360. The highest BCUT2D eigenvalue weighted by Crippen LogP contribution is 2.22. The van der Waals surface area contributed by atoms with E-state index >= 15 is 0 Å². The van der Waals surface area contributed by atoms with Crippen LogP contribution in [0.25, 0.3) is 0 Å². The minimum atomic E-state index is -1.09. The molecule has 0 amide bonds. The van der Waals surface area contributed by atoms with E-state index in [4.69, 9.17) is 0 Å². The zero-order valence-electron chi connectivity index (χ0n) is 8.50. The maximum absolute atomic E-state index is 10.6. The molecule has 0 unspecified atom stereocenters. The van der Waals surface area contributed by atoms with Gasteiger partial charge in [-0.25, -0.2) is 0 Å². The summed E-state index contributed by atoms with van der Waals surface area (Å²) in [6, 6.07) is 0. The van der Waals surface area contributed by atoms with Crippen LogP contribution in [0.4, 0.5) is 0 Å². The van der Waals surface area contributed by atoms with Crippen molar-refractivity contribution in [2.45, 2.75) is 46.1 Å². The number of hydrogen-bond acceptors (Lipinski definition) is 2. The van der Waals surface area contributed by atoms with Crippen molar-refractivity contribution in [3.8, 4) is 0 Å². The Morgan fingerprint density at radius 3 is 1.67 bits per heavy atom. The van der Waals surface area contributed by atoms with Crippen LogP contribution in [-0.2, 0) is 4.79 Å². The lowest BCUT2D eigenvalue weighted by Crippen LogP contribution is -2.33. The van der Waals surface area contributed by atoms with Crippen LogP contribution in [-0.4, -0.2) is 17.0 Å². The van der Waals surface area contributed by atoms with Gasteiger partial charge in [-0.1, -0.05) is 27.7 Å². The van der Waals surface area contributed by atoms with Gasteiger partial charge in [-0.3, -0.25) is 0 Å². The van der Waals surface area contributed by atoms with Crippen molar-refractivity contribution in [1.82, 2.24) is 0 Å². The summed E-state index contributed by atoms with van der Waals surface area (Å²) < 4.78 is 0. The molecule has 12 heavy (non-hydrogen) atoms. The average Bonchev–Trinajstić information content (AvgIpc) is 1.83. The monoisotopic (exact) mass is 172 g/mol. The number of aldehydes is 1. The highest BCUT2D eigenvalue weighted by atomic mass is 16.3. The number of rotatable bonds is 5. The fourth-order valence-electron chi connectivity index (χ4n) is 1.59. The lowest BCUT2D eigenvalue weighted by Gasteiger charge is -2.25. The molecule has 0 spiro atoms. The van der Waals surface area contributed by atoms with E-state index in [1.165, 1.54) is 0 Å². The summed E-state index contributed by atoms with van der Waals surface area (Å²) in [5.41, 5.74) is -1.09. The number of carbonyl (C=O) groups excluding carboxylic acids is 1. The fourth-order valence-corrected chi connectivity index (χ4v) is 1.59. The van der Waals surface area contributed by atoms with E-state index in [9.17, 15) is 9.90 Å². The van der Waals surface area contributed by atoms with Crippen molar-refractivity contribution >= 4 is 6.29 Å². The van der Waals surface area contributed by atoms with Crippen LogP contribution in [0, 0.1) is 11.8 Å². The lowest BCUT2D eigenvalue weighted by atomic mass is 9.86. The molecule has 72 valence electrons. The molecule has 2 nitrogen and oxygen atoms in total. The summed E-state index contributed by atoms with van der Waals surface area (Å²) in [5.74, 6) is 0.720. The van der Waals surface area contributed by atoms with E-state index in [2.05, 4.69) is 0 Å². The molecular formula is C10H20O2. The van der Waals surface area contributed by atoms with Gasteiger partial charge in [0.2, 0.25) is 0 Å². The molecule has 0 heterocycles. The first-order chi connectivity index (χ1) is 5.39. The molecule has 0 atom stereocenters. The van der Waals surface area contributed by atoms with E-state index in [-0.39, 0.29) is 0 Å². The SMILES string of the molecule is CC(C)CC(O)(C=O)CC(C)C. The van der Waals surface area contributed by atoms with Gasteiger partial charge in [0.25, 0.3) is 0 Å². The maximum atomic E-state index is 10.6. The molecule has 0 fully saturated rings. The van der Waals surface area contributed by atoms with Gasteiger partial charge in [0.15, 0.2) is 6.29 Å². The Balaban J connectivity index is 4.14. The van der Waals surface area contributed by atoms with E-state index in [0.717, 1.165) is 0 Å². The van der Waals surface area contributed by atoms with Gasteiger partial charge < -0.3 is 9.90 Å². The van der Waals surface area contributed by atoms with Gasteiger partial charge in [0.1, 0.15) is 5.60 Å². The molecule has 0 aliphatic carbocycles. The summed E-state index contributed by atoms with van der Waals surface area (Å²) in [7, 11) is 0. The molecule has 0 aromatic heterocycles. The quantitative estimate of drug-likeness (QED) is 0.644. The molecule has 1 N–H and O–H groups in total. The van der Waals surface area contributed by atoms with Gasteiger partial charge >= 0.3 is 0 Å². The Morgan fingerprint density at radius 2 is 1.50 bits per heavy atom. The summed E-state index contributed by atoms with van der Waals surface area (Å²) in [6.45, 7) is 8.03. The van der Waals surface area contributed by atoms with E-state index in [1.807, 2.05) is 27.7 Å². The lowest BCUT2D eigenvalue weighted by molar-refractivity contribution is -0.127. The number of aliphatic hydroxyl groups is 1. The second kappa shape index (κ2) is 4.61. The van der Waals surface area contributed by atoms with Gasteiger partial charge in [-0.15, -0.1) is 0 Å². The number of hydrogen-bond donors (Lipinski definition) is 1. The Bertz CT molecular complexity index is 129. The smallest absolute Gasteiger partial charge is 0.151 e. The molecule has 0 saturated carbocycles. The largest absolute Gasteiger partial charge is 0.382 e. The number of carbonyl (C=O) groups is 1. The molecule has 0 rings (SSSR count). The van der Waals surface area contributed by atoms with Crippen LogP contribution in [0.1, 0.15) is 40.5 Å². The molecule has 0 aliphatic rings. The van der Waals surface area contributed by atoms with Crippen molar-refractivity contribution in [2.24, 2.45) is 11.8 Å². The van der Waals surface area contributed by atoms with Crippen LogP contribution >= 0.6 is 0 Å². The maximum Gasteiger partial charge on any atom is 0.151 e. The first kappa shape index (κ1) is 11.6. The molecule has 0 saturated heterocycles. The molecule has 0 aromatic rings. The van der Waals surface area contributed by atoms with E-state index in [0.29, 0.717) is 31.0 Å². The fraction of sp³-hybridized carbons (Fsp3) is 0.900. The van der Waals surface area contributed by atoms with Crippen LogP contribution in [0.2, 0.25) is 0 Å². The van der Waals surface area contributed by atoms with Crippen molar-refractivity contribution in [2.75, 3.05) is 0 Å². The predicted octanol–water partition coefficient (Wildman–Crippen LogP) is 2.01. The molecular weight excluding hydrogens is 152 g/mol. The average molecular weight is 172 g/mol. The van der Waals surface area contributed by atoms with Gasteiger partial charge in [0.05, 0.1) is 0 Å². The standard InChI is InChI=1S/C10H20O2/c1-8(2)5-10(12,7-11)6-9(3)4/h7-9,12H,5-6H2,1-4H3. The summed E-state index contributed by atoms with van der Waals surface area (Å²) in [5, 5.41) is 9.79. The van der Waals surface area contributed by atoms with Crippen molar-refractivity contribution in [1.29, 1.82) is 0 Å². The van der Waals surface area contributed by atoms with Crippen molar-refractivity contribution in [3.63, 3.8) is 0 Å². The Hall–Kier alpha value is -0.370. The van der Waals surface area contributed by atoms with Crippen molar-refractivity contribution < 1.29 is 9.90 Å². The third kappa shape index (κ3) is 4.50.